The van der Waals surface area contributed by atoms with Crippen molar-refractivity contribution >= 4 is 0 Å². The summed E-state index contributed by atoms with van der Waals surface area (Å²) in [6.07, 6.45) is 2.30. The Morgan fingerprint density at radius 3 is 1.60 bits per heavy atom. The topological polar surface area (TPSA) is 46.2 Å². The van der Waals surface area contributed by atoms with Crippen LogP contribution >= 0.6 is 0 Å². The molecule has 0 aliphatic rings. The molecule has 0 heterocycles. The number of rotatable bonds is 2. The van der Waals surface area contributed by atoms with Crippen LogP contribution in [0, 0.1) is 0 Å². The van der Waals surface area contributed by atoms with E-state index in [0.717, 1.165) is 6.42 Å². The van der Waals surface area contributed by atoms with E-state index in [1.54, 1.807) is 6.92 Å². The van der Waals surface area contributed by atoms with Gasteiger partial charge in [0.2, 0.25) is 0 Å². The van der Waals surface area contributed by atoms with Crippen LogP contribution in [0.25, 0.3) is 0 Å². The summed E-state index contributed by atoms with van der Waals surface area (Å²) in [4.78, 5) is 0. The predicted octanol–water partition coefficient (Wildman–Crippen LogP) is 1.52. The van der Waals surface area contributed by atoms with Gasteiger partial charge in [-0.3, -0.25) is 0 Å². The first-order valence-corrected chi connectivity index (χ1v) is 3.87. The molecule has 0 aliphatic heterocycles. The van der Waals surface area contributed by atoms with Crippen LogP contribution in [0.3, 0.4) is 0 Å². The van der Waals surface area contributed by atoms with Crippen LogP contribution in [0.5, 0.6) is 0 Å². The van der Waals surface area contributed by atoms with Gasteiger partial charge in [0.1, 0.15) is 0 Å². The van der Waals surface area contributed by atoms with Crippen molar-refractivity contribution in [2.24, 2.45) is 5.73 Å². The van der Waals surface area contributed by atoms with Crippen LogP contribution < -0.4 is 5.73 Å². The Morgan fingerprint density at radius 2 is 1.60 bits per heavy atom. The summed E-state index contributed by atoms with van der Waals surface area (Å²) in [6, 6.07) is 0. The molecule has 0 spiro atoms. The summed E-state index contributed by atoms with van der Waals surface area (Å²) in [5.74, 6) is 0. The van der Waals surface area contributed by atoms with Crippen molar-refractivity contribution in [2.45, 2.75) is 46.1 Å². The molecule has 3 N–H and O–H groups in total. The van der Waals surface area contributed by atoms with Crippen LogP contribution in [0.1, 0.15) is 40.5 Å². The van der Waals surface area contributed by atoms with Crippen LogP contribution in [-0.4, -0.2) is 17.3 Å². The first kappa shape index (κ1) is 12.6. The zero-order chi connectivity index (χ0) is 8.62. The maximum absolute atomic E-state index is 7.57. The largest absolute Gasteiger partial charge is 0.397 e. The molecule has 0 saturated heterocycles. The van der Waals surface area contributed by atoms with Gasteiger partial charge in [-0.1, -0.05) is 13.3 Å². The number of aliphatic hydroxyl groups is 1. The molecule has 0 atom stereocenters. The van der Waals surface area contributed by atoms with Crippen molar-refractivity contribution in [3.8, 4) is 0 Å². The smallest absolute Gasteiger partial charge is 0.0402 e. The van der Waals surface area contributed by atoms with Crippen molar-refractivity contribution in [1.82, 2.24) is 0 Å². The van der Waals surface area contributed by atoms with E-state index in [1.165, 1.54) is 6.42 Å². The molecule has 0 radical (unpaired) electrons. The average molecular weight is 147 g/mol. The van der Waals surface area contributed by atoms with Gasteiger partial charge in [-0.25, -0.2) is 0 Å². The van der Waals surface area contributed by atoms with Gasteiger partial charge in [0.15, 0.2) is 0 Å². The van der Waals surface area contributed by atoms with Gasteiger partial charge < -0.3 is 10.8 Å². The van der Waals surface area contributed by atoms with Gasteiger partial charge in [-0.15, -0.1) is 0 Å². The Bertz CT molecular complexity index is 56.8. The molecule has 0 aromatic rings. The fraction of sp³-hybridized carbons (Fsp3) is 1.00. The molecule has 0 rings (SSSR count). The quantitative estimate of drug-likeness (QED) is 0.622. The Balaban J connectivity index is 0. The lowest BCUT2D eigenvalue weighted by atomic mass is 10.0. The lowest BCUT2D eigenvalue weighted by molar-refractivity contribution is 0.318. The number of aliphatic hydroxyl groups excluding tert-OH is 1. The van der Waals surface area contributed by atoms with Gasteiger partial charge in [-0.05, 0) is 27.2 Å². The van der Waals surface area contributed by atoms with Crippen molar-refractivity contribution in [2.75, 3.05) is 6.61 Å². The lowest BCUT2D eigenvalue weighted by Gasteiger charge is -2.15. The third-order valence-corrected chi connectivity index (χ3v) is 0.894. The number of hydrogen-bond donors (Lipinski definition) is 2. The molecule has 10 heavy (non-hydrogen) atoms. The highest BCUT2D eigenvalue weighted by molar-refractivity contribution is 4.69. The normalized spacial score (nSPS) is 10.2. The maximum Gasteiger partial charge on any atom is 0.0402 e. The van der Waals surface area contributed by atoms with E-state index in [2.05, 4.69) is 20.8 Å². The zero-order valence-corrected chi connectivity index (χ0v) is 7.65. The van der Waals surface area contributed by atoms with Crippen molar-refractivity contribution < 1.29 is 5.11 Å². The van der Waals surface area contributed by atoms with Crippen LogP contribution in [0.4, 0.5) is 0 Å². The van der Waals surface area contributed by atoms with E-state index < -0.39 is 0 Å². The highest BCUT2D eigenvalue weighted by Gasteiger charge is 2.06. The molecular weight excluding hydrogens is 126 g/mol. The van der Waals surface area contributed by atoms with Crippen LogP contribution in [0.2, 0.25) is 0 Å². The van der Waals surface area contributed by atoms with Crippen LogP contribution in [0.15, 0.2) is 0 Å². The van der Waals surface area contributed by atoms with E-state index in [4.69, 9.17) is 10.8 Å². The standard InChI is InChI=1S/C6H15N.C2H6O/c1-4-5-6(2,3)7;1-2-3/h4-5,7H2,1-3H3;3H,2H2,1H3. The fourth-order valence-corrected chi connectivity index (χ4v) is 0.644. The van der Waals surface area contributed by atoms with E-state index in [9.17, 15) is 0 Å². The van der Waals surface area contributed by atoms with Crippen molar-refractivity contribution in [3.05, 3.63) is 0 Å². The molecule has 0 saturated carbocycles. The Hall–Kier alpha value is -0.0800. The fourth-order valence-electron chi connectivity index (χ4n) is 0.644. The van der Waals surface area contributed by atoms with Gasteiger partial charge in [0.05, 0.1) is 0 Å². The first-order valence-electron chi connectivity index (χ1n) is 3.87. The summed E-state index contributed by atoms with van der Waals surface area (Å²) < 4.78 is 0. The summed E-state index contributed by atoms with van der Waals surface area (Å²) in [5.41, 5.74) is 5.70. The summed E-state index contributed by atoms with van der Waals surface area (Å²) in [5, 5.41) is 7.57. The predicted molar refractivity (Wildman–Crippen MR) is 45.9 cm³/mol. The van der Waals surface area contributed by atoms with E-state index in [0.29, 0.717) is 0 Å². The minimum absolute atomic E-state index is 0.0503. The van der Waals surface area contributed by atoms with Crippen LogP contribution in [-0.2, 0) is 0 Å². The van der Waals surface area contributed by atoms with Crippen molar-refractivity contribution in [3.63, 3.8) is 0 Å². The SMILES string of the molecule is CCCC(C)(C)N.CCO. The molecule has 2 nitrogen and oxygen atoms in total. The van der Waals surface area contributed by atoms with E-state index in [1.807, 2.05) is 0 Å². The minimum Gasteiger partial charge on any atom is -0.397 e. The second-order valence-electron chi connectivity index (χ2n) is 3.05. The molecule has 0 aromatic carbocycles. The first-order chi connectivity index (χ1) is 4.47. The van der Waals surface area contributed by atoms with Gasteiger partial charge in [0.25, 0.3) is 0 Å². The van der Waals surface area contributed by atoms with Gasteiger partial charge in [-0.2, -0.15) is 0 Å². The summed E-state index contributed by atoms with van der Waals surface area (Å²) in [6.45, 7) is 8.18. The lowest BCUT2D eigenvalue weighted by Crippen LogP contribution is -2.31. The molecule has 64 valence electrons. The molecule has 0 amide bonds. The summed E-state index contributed by atoms with van der Waals surface area (Å²) in [7, 11) is 0. The van der Waals surface area contributed by atoms with E-state index in [-0.39, 0.29) is 12.1 Å². The highest BCUT2D eigenvalue weighted by Crippen LogP contribution is 2.04. The molecule has 0 fully saturated rings. The van der Waals surface area contributed by atoms with Crippen molar-refractivity contribution in [1.29, 1.82) is 0 Å². The van der Waals surface area contributed by atoms with E-state index >= 15 is 0 Å². The molecule has 0 aromatic heterocycles. The third-order valence-electron chi connectivity index (χ3n) is 0.894. The highest BCUT2D eigenvalue weighted by atomic mass is 16.2. The molecule has 0 unspecified atom stereocenters. The zero-order valence-electron chi connectivity index (χ0n) is 7.65. The monoisotopic (exact) mass is 147 g/mol. The molecular formula is C8H21NO. The summed E-state index contributed by atoms with van der Waals surface area (Å²) >= 11 is 0. The Kier molecular flexibility index (Phi) is 8.85. The second kappa shape index (κ2) is 7.03. The number of nitrogens with two attached hydrogens (primary N) is 1. The molecule has 0 aliphatic carbocycles. The Labute approximate surface area is 64.4 Å². The second-order valence-corrected chi connectivity index (χ2v) is 3.05. The number of hydrogen-bond acceptors (Lipinski definition) is 2. The van der Waals surface area contributed by atoms with Gasteiger partial charge in [0, 0.05) is 12.1 Å². The molecule has 2 heteroatoms. The van der Waals surface area contributed by atoms with Gasteiger partial charge >= 0.3 is 0 Å². The minimum atomic E-state index is 0.0503. The molecule has 0 bridgehead atoms. The third kappa shape index (κ3) is 24.7. The maximum atomic E-state index is 7.57. The average Bonchev–Trinajstić information content (AvgIpc) is 1.63. The Morgan fingerprint density at radius 1 is 1.30 bits per heavy atom.